The SMILES string of the molecule is CN(CCO)C(=O)OCc1ccc(C#Cc2cc3n(c2)C(=O)N(CC[C@](C)(C(=O)NO)S(C)(=O)=O)C3)cc1. The van der Waals surface area contributed by atoms with Crippen molar-refractivity contribution in [2.24, 2.45) is 0 Å². The van der Waals surface area contributed by atoms with E-state index in [1.807, 2.05) is 0 Å². The van der Waals surface area contributed by atoms with Crippen LogP contribution in [0.15, 0.2) is 36.5 Å². The first-order chi connectivity index (χ1) is 17.9. The van der Waals surface area contributed by atoms with E-state index in [9.17, 15) is 22.8 Å². The molecule has 0 fully saturated rings. The van der Waals surface area contributed by atoms with Crippen molar-refractivity contribution in [3.05, 3.63) is 58.9 Å². The van der Waals surface area contributed by atoms with Gasteiger partial charge in [-0.15, -0.1) is 0 Å². The highest BCUT2D eigenvalue weighted by molar-refractivity contribution is 7.92. The Morgan fingerprint density at radius 3 is 2.45 bits per heavy atom. The molecule has 0 radical (unpaired) electrons. The Morgan fingerprint density at radius 2 is 1.87 bits per heavy atom. The number of hydrogen-bond donors (Lipinski definition) is 3. The molecule has 3 amide bonds. The van der Waals surface area contributed by atoms with Crippen LogP contribution in [0.4, 0.5) is 9.59 Å². The van der Waals surface area contributed by atoms with Crippen LogP contribution >= 0.6 is 0 Å². The first-order valence-electron chi connectivity index (χ1n) is 11.6. The molecule has 1 aromatic carbocycles. The second-order valence-electron chi connectivity index (χ2n) is 9.13. The summed E-state index contributed by atoms with van der Waals surface area (Å²) in [6.45, 7) is 1.56. The lowest BCUT2D eigenvalue weighted by Gasteiger charge is -2.27. The van der Waals surface area contributed by atoms with E-state index in [0.29, 0.717) is 11.3 Å². The molecule has 1 aliphatic heterocycles. The van der Waals surface area contributed by atoms with Gasteiger partial charge in [0.15, 0.2) is 14.6 Å². The lowest BCUT2D eigenvalue weighted by atomic mass is 10.1. The highest BCUT2D eigenvalue weighted by Crippen LogP contribution is 2.25. The molecule has 0 saturated heterocycles. The Bertz CT molecular complexity index is 1370. The molecule has 0 saturated carbocycles. The van der Waals surface area contributed by atoms with Crippen LogP contribution in [0.3, 0.4) is 0 Å². The number of nitrogens with one attached hydrogen (secondary N) is 1. The predicted octanol–water partition coefficient (Wildman–Crippen LogP) is 0.931. The van der Waals surface area contributed by atoms with Gasteiger partial charge in [0.1, 0.15) is 6.61 Å². The van der Waals surface area contributed by atoms with E-state index >= 15 is 0 Å². The molecule has 0 spiro atoms. The van der Waals surface area contributed by atoms with Crippen molar-refractivity contribution in [2.75, 3.05) is 33.0 Å². The zero-order valence-electron chi connectivity index (χ0n) is 21.3. The van der Waals surface area contributed by atoms with Gasteiger partial charge in [-0.05, 0) is 37.1 Å². The number of carbonyl (C=O) groups excluding carboxylic acids is 3. The summed E-state index contributed by atoms with van der Waals surface area (Å²) in [7, 11) is -2.33. The summed E-state index contributed by atoms with van der Waals surface area (Å²) in [4.78, 5) is 39.3. The van der Waals surface area contributed by atoms with Gasteiger partial charge in [0, 0.05) is 49.4 Å². The number of ether oxygens (including phenoxy) is 1. The van der Waals surface area contributed by atoms with Crippen molar-refractivity contribution in [1.82, 2.24) is 19.8 Å². The second kappa shape index (κ2) is 11.7. The molecule has 0 unspecified atom stereocenters. The Balaban J connectivity index is 1.59. The number of aliphatic hydroxyl groups is 1. The zero-order valence-corrected chi connectivity index (χ0v) is 22.1. The third kappa shape index (κ3) is 6.34. The summed E-state index contributed by atoms with van der Waals surface area (Å²) < 4.78 is 29.0. The van der Waals surface area contributed by atoms with Gasteiger partial charge in [-0.2, -0.15) is 0 Å². The van der Waals surface area contributed by atoms with Crippen molar-refractivity contribution in [3.8, 4) is 11.8 Å². The van der Waals surface area contributed by atoms with Gasteiger partial charge in [0.2, 0.25) is 0 Å². The molecule has 0 bridgehead atoms. The maximum atomic E-state index is 12.8. The normalized spacial score (nSPS) is 14.2. The fourth-order valence-electron chi connectivity index (χ4n) is 3.73. The van der Waals surface area contributed by atoms with E-state index in [2.05, 4.69) is 11.8 Å². The molecule has 3 N–H and O–H groups in total. The van der Waals surface area contributed by atoms with Crippen molar-refractivity contribution < 1.29 is 37.9 Å². The number of aromatic nitrogens is 1. The lowest BCUT2D eigenvalue weighted by Crippen LogP contribution is -2.50. The summed E-state index contributed by atoms with van der Waals surface area (Å²) in [5.74, 6) is 4.97. The summed E-state index contributed by atoms with van der Waals surface area (Å²) in [6.07, 6.45) is 1.79. The Hall–Kier alpha value is -3.86. The summed E-state index contributed by atoms with van der Waals surface area (Å²) in [5, 5.41) is 17.8. The van der Waals surface area contributed by atoms with Gasteiger partial charge in [-0.1, -0.05) is 24.0 Å². The van der Waals surface area contributed by atoms with Crippen molar-refractivity contribution >= 4 is 27.9 Å². The molecule has 2 aromatic rings. The number of sulfone groups is 1. The van der Waals surface area contributed by atoms with Crippen LogP contribution < -0.4 is 5.48 Å². The number of likely N-dealkylation sites (N-methyl/N-ethyl adjacent to an activating group) is 1. The van der Waals surface area contributed by atoms with Crippen LogP contribution in [0.2, 0.25) is 0 Å². The van der Waals surface area contributed by atoms with E-state index in [-0.39, 0.29) is 45.3 Å². The molecule has 1 atom stereocenters. The number of aliphatic hydroxyl groups excluding tert-OH is 1. The van der Waals surface area contributed by atoms with Crippen LogP contribution in [-0.2, 0) is 32.5 Å². The highest BCUT2D eigenvalue weighted by Gasteiger charge is 2.44. The van der Waals surface area contributed by atoms with Crippen LogP contribution in [-0.4, -0.2) is 88.9 Å². The molecule has 2 heterocycles. The number of rotatable bonds is 9. The molecule has 1 aliphatic rings. The molecule has 38 heavy (non-hydrogen) atoms. The molecule has 3 rings (SSSR count). The Labute approximate surface area is 220 Å². The number of benzene rings is 1. The average Bonchev–Trinajstić information content (AvgIpc) is 3.42. The maximum Gasteiger partial charge on any atom is 0.409 e. The van der Waals surface area contributed by atoms with E-state index in [4.69, 9.17) is 15.1 Å². The monoisotopic (exact) mass is 546 g/mol. The predicted molar refractivity (Wildman–Crippen MR) is 136 cm³/mol. The van der Waals surface area contributed by atoms with E-state index in [0.717, 1.165) is 17.4 Å². The third-order valence-electron chi connectivity index (χ3n) is 6.40. The maximum absolute atomic E-state index is 12.8. The van der Waals surface area contributed by atoms with Crippen molar-refractivity contribution in [3.63, 3.8) is 0 Å². The van der Waals surface area contributed by atoms with E-state index in [1.54, 1.807) is 36.5 Å². The number of amides is 3. The number of hydrogen-bond acceptors (Lipinski definition) is 8. The van der Waals surface area contributed by atoms with Gasteiger partial charge in [0.05, 0.1) is 13.2 Å². The van der Waals surface area contributed by atoms with Gasteiger partial charge >= 0.3 is 12.1 Å². The van der Waals surface area contributed by atoms with Gasteiger partial charge in [-0.3, -0.25) is 14.6 Å². The fourth-order valence-corrected chi connectivity index (χ4v) is 4.57. The molecular weight excluding hydrogens is 516 g/mol. The largest absolute Gasteiger partial charge is 0.445 e. The van der Waals surface area contributed by atoms with Crippen LogP contribution in [0, 0.1) is 11.8 Å². The highest BCUT2D eigenvalue weighted by atomic mass is 32.2. The Morgan fingerprint density at radius 1 is 1.21 bits per heavy atom. The number of fused-ring (bicyclic) bond motifs is 1. The first kappa shape index (κ1) is 28.7. The standard InChI is InChI=1S/C25H30N4O8S/c1-25(22(31)26-34,38(3,35)36)10-11-28-16-21-14-20(15-29(21)23(28)32)9-6-18-4-7-19(8-5-18)17-37-24(33)27(2)12-13-30/h4-5,7-8,14-15,30,34H,10-13,16-17H2,1-3H3,(H,26,31)/t25-/m1/s1. The second-order valence-corrected chi connectivity index (χ2v) is 11.6. The van der Waals surface area contributed by atoms with Crippen molar-refractivity contribution in [2.45, 2.75) is 31.2 Å². The number of carbonyl (C=O) groups is 3. The first-order valence-corrected chi connectivity index (χ1v) is 13.5. The minimum absolute atomic E-state index is 0.00209. The van der Waals surface area contributed by atoms with Gasteiger partial charge < -0.3 is 19.6 Å². The molecular formula is C25H30N4O8S. The fraction of sp³-hybridized carbons (Fsp3) is 0.400. The zero-order chi connectivity index (χ0) is 28.1. The van der Waals surface area contributed by atoms with E-state index < -0.39 is 26.6 Å². The Kier molecular flexibility index (Phi) is 8.82. The van der Waals surface area contributed by atoms with Crippen molar-refractivity contribution in [1.29, 1.82) is 0 Å². The molecule has 13 heteroatoms. The number of hydroxylamine groups is 1. The molecule has 1 aromatic heterocycles. The van der Waals surface area contributed by atoms with Crippen LogP contribution in [0.1, 0.15) is 35.7 Å². The van der Waals surface area contributed by atoms with Crippen LogP contribution in [0.5, 0.6) is 0 Å². The minimum atomic E-state index is -3.86. The summed E-state index contributed by atoms with van der Waals surface area (Å²) >= 11 is 0. The van der Waals surface area contributed by atoms with Crippen LogP contribution in [0.25, 0.3) is 0 Å². The quantitative estimate of drug-likeness (QED) is 0.238. The lowest BCUT2D eigenvalue weighted by molar-refractivity contribution is -0.131. The summed E-state index contributed by atoms with van der Waals surface area (Å²) in [5.41, 5.74) is 4.19. The average molecular weight is 547 g/mol. The van der Waals surface area contributed by atoms with Gasteiger partial charge in [0.25, 0.3) is 5.91 Å². The third-order valence-corrected chi connectivity index (χ3v) is 8.43. The van der Waals surface area contributed by atoms with Gasteiger partial charge in [-0.25, -0.2) is 23.5 Å². The van der Waals surface area contributed by atoms with E-state index in [1.165, 1.54) is 33.8 Å². The molecule has 0 aliphatic carbocycles. The number of nitrogens with zero attached hydrogens (tertiary/aromatic N) is 3. The summed E-state index contributed by atoms with van der Waals surface area (Å²) in [6, 6.07) is 8.53. The molecule has 204 valence electrons. The molecule has 12 nitrogen and oxygen atoms in total. The minimum Gasteiger partial charge on any atom is -0.445 e. The topological polar surface area (TPSA) is 158 Å². The smallest absolute Gasteiger partial charge is 0.409 e.